The number of nitrogens with one attached hydrogen (secondary N) is 2. The largest absolute Gasteiger partial charge is 0.355 e. The third kappa shape index (κ3) is 2.89. The summed E-state index contributed by atoms with van der Waals surface area (Å²) >= 11 is 0. The lowest BCUT2D eigenvalue weighted by Crippen LogP contribution is -2.17. The first-order chi connectivity index (χ1) is 13.4. The standard InChI is InChI=1S/C24H19N3/c1-3-9-18(10-4-1)25-19-15-16-24-22(17-19)26-21-13-7-8-14-23(21)27(24)20-11-5-2-6-12-20/h1-17,25-26H. The summed E-state index contributed by atoms with van der Waals surface area (Å²) in [5.41, 5.74) is 7.76. The number of hydrogen-bond acceptors (Lipinski definition) is 3. The Kier molecular flexibility index (Phi) is 3.76. The van der Waals surface area contributed by atoms with Gasteiger partial charge in [-0.15, -0.1) is 0 Å². The van der Waals surface area contributed by atoms with Gasteiger partial charge in [0.25, 0.3) is 0 Å². The van der Waals surface area contributed by atoms with Gasteiger partial charge < -0.3 is 15.5 Å². The van der Waals surface area contributed by atoms with Crippen molar-refractivity contribution in [1.82, 2.24) is 0 Å². The number of anilines is 7. The number of hydrogen-bond donors (Lipinski definition) is 2. The van der Waals surface area contributed by atoms with Gasteiger partial charge >= 0.3 is 0 Å². The molecule has 0 saturated heterocycles. The number of benzene rings is 4. The Bertz CT molecular complexity index is 1080. The molecule has 0 radical (unpaired) electrons. The van der Waals surface area contributed by atoms with Crippen molar-refractivity contribution in [2.75, 3.05) is 15.5 Å². The van der Waals surface area contributed by atoms with E-state index in [-0.39, 0.29) is 0 Å². The van der Waals surface area contributed by atoms with Crippen LogP contribution in [0, 0.1) is 0 Å². The fourth-order valence-electron chi connectivity index (χ4n) is 3.50. The smallest absolute Gasteiger partial charge is 0.0699 e. The average molecular weight is 349 g/mol. The molecular weight excluding hydrogens is 330 g/mol. The first-order valence-corrected chi connectivity index (χ1v) is 9.06. The predicted octanol–water partition coefficient (Wildman–Crippen LogP) is 6.96. The highest BCUT2D eigenvalue weighted by Gasteiger charge is 2.23. The molecule has 0 amide bonds. The molecule has 0 bridgehead atoms. The minimum atomic E-state index is 1.06. The Morgan fingerprint density at radius 1 is 0.556 bits per heavy atom. The SMILES string of the molecule is c1ccc(Nc2ccc3c(c2)Nc2ccccc2N3c2ccccc2)cc1. The monoisotopic (exact) mass is 349 g/mol. The van der Waals surface area contributed by atoms with E-state index in [1.165, 1.54) is 0 Å². The van der Waals surface area contributed by atoms with Crippen molar-refractivity contribution in [2.45, 2.75) is 0 Å². The maximum atomic E-state index is 3.58. The van der Waals surface area contributed by atoms with Crippen molar-refractivity contribution in [2.24, 2.45) is 0 Å². The molecule has 3 heteroatoms. The van der Waals surface area contributed by atoms with Crippen LogP contribution in [-0.4, -0.2) is 0 Å². The lowest BCUT2D eigenvalue weighted by molar-refractivity contribution is 1.25. The highest BCUT2D eigenvalue weighted by atomic mass is 15.2. The van der Waals surface area contributed by atoms with E-state index in [4.69, 9.17) is 0 Å². The maximum absolute atomic E-state index is 3.58. The van der Waals surface area contributed by atoms with Gasteiger partial charge in [-0.2, -0.15) is 0 Å². The van der Waals surface area contributed by atoms with E-state index < -0.39 is 0 Å². The Balaban J connectivity index is 1.59. The van der Waals surface area contributed by atoms with Crippen LogP contribution in [0.3, 0.4) is 0 Å². The highest BCUT2D eigenvalue weighted by molar-refractivity contribution is 5.97. The average Bonchev–Trinajstić information content (AvgIpc) is 2.73. The van der Waals surface area contributed by atoms with Gasteiger partial charge in [0.15, 0.2) is 0 Å². The van der Waals surface area contributed by atoms with Crippen molar-refractivity contribution in [3.8, 4) is 0 Å². The Labute approximate surface area is 158 Å². The molecule has 2 N–H and O–H groups in total. The molecule has 5 rings (SSSR count). The minimum Gasteiger partial charge on any atom is -0.355 e. The second-order valence-corrected chi connectivity index (χ2v) is 6.54. The Morgan fingerprint density at radius 2 is 1.22 bits per heavy atom. The first kappa shape index (κ1) is 15.5. The fourth-order valence-corrected chi connectivity index (χ4v) is 3.50. The highest BCUT2D eigenvalue weighted by Crippen LogP contribution is 2.48. The lowest BCUT2D eigenvalue weighted by atomic mass is 10.1. The van der Waals surface area contributed by atoms with Gasteiger partial charge in [0.1, 0.15) is 0 Å². The van der Waals surface area contributed by atoms with E-state index in [1.807, 2.05) is 24.3 Å². The molecule has 4 aromatic rings. The summed E-state index contributed by atoms with van der Waals surface area (Å²) in [5.74, 6) is 0. The minimum absolute atomic E-state index is 1.06. The normalized spacial score (nSPS) is 11.9. The van der Waals surface area contributed by atoms with Crippen LogP contribution < -0.4 is 15.5 Å². The third-order valence-corrected chi connectivity index (χ3v) is 4.73. The Hall–Kier alpha value is -3.72. The van der Waals surface area contributed by atoms with E-state index >= 15 is 0 Å². The quantitative estimate of drug-likeness (QED) is 0.369. The lowest BCUT2D eigenvalue weighted by Gasteiger charge is -2.34. The van der Waals surface area contributed by atoms with Crippen molar-refractivity contribution in [1.29, 1.82) is 0 Å². The summed E-state index contributed by atoms with van der Waals surface area (Å²) < 4.78 is 0. The van der Waals surface area contributed by atoms with E-state index in [2.05, 4.69) is 94.4 Å². The van der Waals surface area contributed by atoms with Crippen LogP contribution >= 0.6 is 0 Å². The number of nitrogens with zero attached hydrogens (tertiary/aromatic N) is 1. The number of fused-ring (bicyclic) bond motifs is 2. The van der Waals surface area contributed by atoms with Gasteiger partial charge in [0.05, 0.1) is 22.7 Å². The molecule has 27 heavy (non-hydrogen) atoms. The van der Waals surface area contributed by atoms with Crippen molar-refractivity contribution in [3.63, 3.8) is 0 Å². The Morgan fingerprint density at radius 3 is 2.04 bits per heavy atom. The van der Waals surface area contributed by atoms with Gasteiger partial charge in [-0.1, -0.05) is 48.5 Å². The van der Waals surface area contributed by atoms with Crippen LogP contribution in [0.25, 0.3) is 0 Å². The summed E-state index contributed by atoms with van der Waals surface area (Å²) in [5, 5.41) is 7.06. The molecule has 0 atom stereocenters. The van der Waals surface area contributed by atoms with E-state index in [0.29, 0.717) is 0 Å². The summed E-state index contributed by atoms with van der Waals surface area (Å²) in [6, 6.07) is 35.6. The number of rotatable bonds is 3. The van der Waals surface area contributed by atoms with E-state index in [9.17, 15) is 0 Å². The predicted molar refractivity (Wildman–Crippen MR) is 114 cm³/mol. The van der Waals surface area contributed by atoms with Gasteiger partial charge in [-0.25, -0.2) is 0 Å². The summed E-state index contributed by atoms with van der Waals surface area (Å²) in [4.78, 5) is 2.30. The molecule has 4 aromatic carbocycles. The zero-order valence-electron chi connectivity index (χ0n) is 14.8. The molecular formula is C24H19N3. The molecule has 0 aliphatic carbocycles. The van der Waals surface area contributed by atoms with Crippen molar-refractivity contribution >= 4 is 39.8 Å². The van der Waals surface area contributed by atoms with Gasteiger partial charge in [-0.05, 0) is 54.6 Å². The van der Waals surface area contributed by atoms with Crippen molar-refractivity contribution in [3.05, 3.63) is 103 Å². The first-order valence-electron chi connectivity index (χ1n) is 9.06. The third-order valence-electron chi connectivity index (χ3n) is 4.73. The molecule has 0 unspecified atom stereocenters. The van der Waals surface area contributed by atoms with Crippen LogP contribution in [0.4, 0.5) is 39.8 Å². The molecule has 1 aliphatic heterocycles. The summed E-state index contributed by atoms with van der Waals surface area (Å²) in [6.07, 6.45) is 0. The zero-order chi connectivity index (χ0) is 18.1. The molecule has 1 heterocycles. The van der Waals surface area contributed by atoms with Crippen LogP contribution in [0.5, 0.6) is 0 Å². The van der Waals surface area contributed by atoms with Crippen LogP contribution in [0.15, 0.2) is 103 Å². The van der Waals surface area contributed by atoms with Gasteiger partial charge in [0.2, 0.25) is 0 Å². The molecule has 0 aromatic heterocycles. The van der Waals surface area contributed by atoms with Gasteiger partial charge in [0, 0.05) is 17.1 Å². The molecule has 130 valence electrons. The number of para-hydroxylation sites is 4. The molecule has 0 saturated carbocycles. The summed E-state index contributed by atoms with van der Waals surface area (Å²) in [7, 11) is 0. The van der Waals surface area contributed by atoms with Gasteiger partial charge in [-0.3, -0.25) is 0 Å². The molecule has 0 fully saturated rings. The van der Waals surface area contributed by atoms with E-state index in [1.54, 1.807) is 0 Å². The van der Waals surface area contributed by atoms with Crippen molar-refractivity contribution < 1.29 is 0 Å². The molecule has 0 spiro atoms. The van der Waals surface area contributed by atoms with Crippen LogP contribution in [0.1, 0.15) is 0 Å². The maximum Gasteiger partial charge on any atom is 0.0699 e. The molecule has 1 aliphatic rings. The second-order valence-electron chi connectivity index (χ2n) is 6.54. The zero-order valence-corrected chi connectivity index (χ0v) is 14.8. The molecule has 3 nitrogen and oxygen atoms in total. The topological polar surface area (TPSA) is 27.3 Å². The van der Waals surface area contributed by atoms with E-state index in [0.717, 1.165) is 39.8 Å². The van der Waals surface area contributed by atoms with Crippen LogP contribution in [0.2, 0.25) is 0 Å². The second kappa shape index (κ2) is 6.54. The fraction of sp³-hybridized carbons (Fsp3) is 0. The summed E-state index contributed by atoms with van der Waals surface area (Å²) in [6.45, 7) is 0. The van der Waals surface area contributed by atoms with Crippen LogP contribution in [-0.2, 0) is 0 Å².